The number of aryl methyl sites for hydroxylation is 1. The van der Waals surface area contributed by atoms with E-state index >= 15 is 0 Å². The van der Waals surface area contributed by atoms with Crippen LogP contribution < -0.4 is 4.90 Å². The Kier molecular flexibility index (Phi) is 4.40. The van der Waals surface area contributed by atoms with Crippen molar-refractivity contribution in [2.45, 2.75) is 0 Å². The first kappa shape index (κ1) is 19.9. The van der Waals surface area contributed by atoms with Crippen LogP contribution in [0.2, 0.25) is 0 Å². The summed E-state index contributed by atoms with van der Waals surface area (Å²) in [5.41, 5.74) is 5.93. The zero-order valence-electron chi connectivity index (χ0n) is 19.5. The maximum absolute atomic E-state index is 2.35. The number of hydrogen-bond donors (Lipinski definition) is 0. The lowest BCUT2D eigenvalue weighted by Crippen LogP contribution is -2.09. The van der Waals surface area contributed by atoms with Crippen molar-refractivity contribution in [3.05, 3.63) is 127 Å². The van der Waals surface area contributed by atoms with E-state index in [0.717, 1.165) is 17.1 Å². The fourth-order valence-corrected chi connectivity index (χ4v) is 5.36. The molecule has 0 radical (unpaired) electrons. The van der Waals surface area contributed by atoms with E-state index in [1.807, 2.05) is 0 Å². The molecule has 0 fully saturated rings. The third-order valence-electron chi connectivity index (χ3n) is 7.12. The average molecular weight is 449 g/mol. The molecule has 0 aliphatic carbocycles. The lowest BCUT2D eigenvalue weighted by molar-refractivity contribution is 1.01. The van der Waals surface area contributed by atoms with Gasteiger partial charge in [-0.1, -0.05) is 78.9 Å². The van der Waals surface area contributed by atoms with Crippen molar-refractivity contribution in [2.75, 3.05) is 4.90 Å². The molecule has 2 heteroatoms. The topological polar surface area (TPSA) is 8.17 Å². The van der Waals surface area contributed by atoms with Crippen LogP contribution in [0.1, 0.15) is 0 Å². The van der Waals surface area contributed by atoms with Crippen molar-refractivity contribution < 1.29 is 0 Å². The molecule has 0 spiro atoms. The minimum absolute atomic E-state index is 1.15. The highest BCUT2D eigenvalue weighted by molar-refractivity contribution is 6.13. The van der Waals surface area contributed by atoms with E-state index in [0.29, 0.717) is 0 Å². The Morgan fingerprint density at radius 3 is 1.77 bits per heavy atom. The smallest absolute Gasteiger partial charge is 0.0509 e. The van der Waals surface area contributed by atoms with E-state index in [2.05, 4.69) is 144 Å². The molecule has 1 heterocycles. The van der Waals surface area contributed by atoms with Crippen LogP contribution in [0, 0.1) is 0 Å². The molecular formula is C33H24N2. The van der Waals surface area contributed by atoms with E-state index in [-0.39, 0.29) is 0 Å². The number of rotatable bonds is 3. The molecule has 6 aromatic carbocycles. The van der Waals surface area contributed by atoms with Crippen LogP contribution in [0.25, 0.3) is 43.4 Å². The fourth-order valence-electron chi connectivity index (χ4n) is 5.36. The van der Waals surface area contributed by atoms with Crippen LogP contribution in [0.3, 0.4) is 0 Å². The minimum atomic E-state index is 1.15. The standard InChI is InChI=1S/C33H24N2/c1-34-32-21-26-12-8-7-11-25(26)20-31(32)30-18-17-29(22-33(30)34)35(27-13-3-2-4-14-27)28-16-15-23-9-5-6-10-24(23)19-28/h2-22H,1H3. The van der Waals surface area contributed by atoms with E-state index in [1.165, 1.54) is 43.4 Å². The summed E-state index contributed by atoms with van der Waals surface area (Å²) in [6, 6.07) is 45.9. The van der Waals surface area contributed by atoms with Gasteiger partial charge >= 0.3 is 0 Å². The van der Waals surface area contributed by atoms with Gasteiger partial charge in [0.15, 0.2) is 0 Å². The Morgan fingerprint density at radius 1 is 0.429 bits per heavy atom. The number of nitrogens with zero attached hydrogens (tertiary/aromatic N) is 2. The quantitative estimate of drug-likeness (QED) is 0.262. The third-order valence-corrected chi connectivity index (χ3v) is 7.12. The summed E-state index contributed by atoms with van der Waals surface area (Å²) >= 11 is 0. The predicted molar refractivity (Wildman–Crippen MR) is 150 cm³/mol. The summed E-state index contributed by atoms with van der Waals surface area (Å²) < 4.78 is 2.32. The van der Waals surface area contributed by atoms with Gasteiger partial charge in [0.1, 0.15) is 0 Å². The highest BCUT2D eigenvalue weighted by atomic mass is 15.1. The van der Waals surface area contributed by atoms with Gasteiger partial charge in [-0.3, -0.25) is 0 Å². The highest BCUT2D eigenvalue weighted by Gasteiger charge is 2.16. The Hall–Kier alpha value is -4.56. The van der Waals surface area contributed by atoms with Crippen molar-refractivity contribution in [1.82, 2.24) is 4.57 Å². The Bertz CT molecular complexity index is 1860. The van der Waals surface area contributed by atoms with E-state index in [4.69, 9.17) is 0 Å². The highest BCUT2D eigenvalue weighted by Crippen LogP contribution is 2.39. The van der Waals surface area contributed by atoms with Crippen molar-refractivity contribution in [2.24, 2.45) is 7.05 Å². The van der Waals surface area contributed by atoms with Gasteiger partial charge < -0.3 is 9.47 Å². The van der Waals surface area contributed by atoms with Crippen molar-refractivity contribution >= 4 is 60.4 Å². The molecule has 2 nitrogen and oxygen atoms in total. The Balaban J connectivity index is 1.47. The largest absolute Gasteiger partial charge is 0.344 e. The number of hydrogen-bond acceptors (Lipinski definition) is 1. The lowest BCUT2D eigenvalue weighted by atomic mass is 10.1. The fraction of sp³-hybridized carbons (Fsp3) is 0.0303. The summed E-state index contributed by atoms with van der Waals surface area (Å²) in [6.07, 6.45) is 0. The second-order valence-corrected chi connectivity index (χ2v) is 9.18. The van der Waals surface area contributed by atoms with E-state index in [9.17, 15) is 0 Å². The van der Waals surface area contributed by atoms with Gasteiger partial charge in [0.05, 0.1) is 5.52 Å². The van der Waals surface area contributed by atoms with Crippen LogP contribution in [-0.4, -0.2) is 4.57 Å². The van der Waals surface area contributed by atoms with Crippen molar-refractivity contribution in [3.63, 3.8) is 0 Å². The van der Waals surface area contributed by atoms with Gasteiger partial charge in [0, 0.05) is 40.4 Å². The van der Waals surface area contributed by atoms with Gasteiger partial charge in [-0.2, -0.15) is 0 Å². The first-order chi connectivity index (χ1) is 17.3. The first-order valence-corrected chi connectivity index (χ1v) is 12.0. The molecule has 0 aliphatic heterocycles. The maximum Gasteiger partial charge on any atom is 0.0509 e. The van der Waals surface area contributed by atoms with Crippen molar-refractivity contribution in [3.8, 4) is 0 Å². The SMILES string of the molecule is Cn1c2cc(N(c3ccccc3)c3ccc4ccccc4c3)ccc2c2cc3ccccc3cc21. The molecule has 0 amide bonds. The molecule has 0 unspecified atom stereocenters. The summed E-state index contributed by atoms with van der Waals surface area (Å²) in [4.78, 5) is 2.35. The second-order valence-electron chi connectivity index (χ2n) is 9.18. The Labute approximate surface area is 204 Å². The van der Waals surface area contributed by atoms with Gasteiger partial charge in [-0.05, 0) is 70.1 Å². The van der Waals surface area contributed by atoms with Crippen LogP contribution in [-0.2, 0) is 7.05 Å². The van der Waals surface area contributed by atoms with Crippen LogP contribution in [0.15, 0.2) is 127 Å². The number of aromatic nitrogens is 1. The summed E-state index contributed by atoms with van der Waals surface area (Å²) in [6.45, 7) is 0. The normalized spacial score (nSPS) is 11.6. The predicted octanol–water partition coefficient (Wildman–Crippen LogP) is 9.11. The molecule has 0 aliphatic rings. The Morgan fingerprint density at radius 2 is 1.00 bits per heavy atom. The molecule has 0 saturated heterocycles. The molecule has 7 aromatic rings. The average Bonchev–Trinajstić information content (AvgIpc) is 3.18. The number of fused-ring (bicyclic) bond motifs is 5. The molecule has 166 valence electrons. The first-order valence-electron chi connectivity index (χ1n) is 12.0. The molecule has 35 heavy (non-hydrogen) atoms. The third kappa shape index (κ3) is 3.18. The van der Waals surface area contributed by atoms with E-state index < -0.39 is 0 Å². The van der Waals surface area contributed by atoms with E-state index in [1.54, 1.807) is 0 Å². The molecule has 0 atom stereocenters. The molecule has 0 N–H and O–H groups in total. The number of anilines is 3. The van der Waals surface area contributed by atoms with Gasteiger partial charge in [-0.25, -0.2) is 0 Å². The maximum atomic E-state index is 2.35. The van der Waals surface area contributed by atoms with Crippen LogP contribution >= 0.6 is 0 Å². The molecular weight excluding hydrogens is 424 g/mol. The minimum Gasteiger partial charge on any atom is -0.344 e. The van der Waals surface area contributed by atoms with Gasteiger partial charge in [-0.15, -0.1) is 0 Å². The van der Waals surface area contributed by atoms with Gasteiger partial charge in [0.25, 0.3) is 0 Å². The number of benzene rings is 6. The monoisotopic (exact) mass is 448 g/mol. The molecule has 0 saturated carbocycles. The van der Waals surface area contributed by atoms with Gasteiger partial charge in [0.2, 0.25) is 0 Å². The summed E-state index contributed by atoms with van der Waals surface area (Å²) in [7, 11) is 2.17. The summed E-state index contributed by atoms with van der Waals surface area (Å²) in [5.74, 6) is 0. The van der Waals surface area contributed by atoms with Crippen LogP contribution in [0.5, 0.6) is 0 Å². The molecule has 7 rings (SSSR count). The summed E-state index contributed by atoms with van der Waals surface area (Å²) in [5, 5.41) is 7.61. The zero-order chi connectivity index (χ0) is 23.4. The molecule has 0 bridgehead atoms. The molecule has 1 aromatic heterocycles. The van der Waals surface area contributed by atoms with Crippen molar-refractivity contribution in [1.29, 1.82) is 0 Å². The number of para-hydroxylation sites is 1. The lowest BCUT2D eigenvalue weighted by Gasteiger charge is -2.26. The second kappa shape index (κ2) is 7.75. The zero-order valence-corrected chi connectivity index (χ0v) is 19.5. The van der Waals surface area contributed by atoms with Crippen LogP contribution in [0.4, 0.5) is 17.1 Å².